The molecule has 0 amide bonds. The first-order valence-corrected chi connectivity index (χ1v) is 10.7. The lowest BCUT2D eigenvalue weighted by Crippen LogP contribution is -2.40. The van der Waals surface area contributed by atoms with Gasteiger partial charge in [-0.3, -0.25) is 0 Å². The largest absolute Gasteiger partial charge is 0.490 e. The summed E-state index contributed by atoms with van der Waals surface area (Å²) in [6.45, 7) is 6.63. The van der Waals surface area contributed by atoms with E-state index in [0.717, 1.165) is 24.2 Å². The van der Waals surface area contributed by atoms with E-state index in [1.54, 1.807) is 5.56 Å². The van der Waals surface area contributed by atoms with Crippen LogP contribution in [0, 0.1) is 17.3 Å². The van der Waals surface area contributed by atoms with Crippen LogP contribution in [-0.4, -0.2) is 17.3 Å². The molecule has 4 aliphatic rings. The second-order valence-electron chi connectivity index (χ2n) is 9.53. The van der Waals surface area contributed by atoms with E-state index < -0.39 is 0 Å². The Kier molecular flexibility index (Phi) is 3.97. The van der Waals surface area contributed by atoms with Gasteiger partial charge in [0.1, 0.15) is 5.75 Å². The predicted octanol–water partition coefficient (Wildman–Crippen LogP) is 5.39. The number of aliphatic hydroxyl groups is 1. The van der Waals surface area contributed by atoms with Crippen LogP contribution in [0.4, 0.5) is 0 Å². The van der Waals surface area contributed by atoms with Gasteiger partial charge in [-0.1, -0.05) is 19.6 Å². The minimum atomic E-state index is -0.285. The summed E-state index contributed by atoms with van der Waals surface area (Å²) in [4.78, 5) is 0. The molecule has 0 radical (unpaired) electrons. The van der Waals surface area contributed by atoms with Gasteiger partial charge in [0.2, 0.25) is 0 Å². The maximum Gasteiger partial charge on any atom is 0.120 e. The van der Waals surface area contributed by atoms with Crippen molar-refractivity contribution in [3.05, 3.63) is 41.5 Å². The third-order valence-corrected chi connectivity index (χ3v) is 8.31. The summed E-state index contributed by atoms with van der Waals surface area (Å²) in [5.41, 5.74) is 4.34. The molecular weight excluding hydrogens is 320 g/mol. The van der Waals surface area contributed by atoms with Crippen molar-refractivity contribution in [3.8, 4) is 5.75 Å². The molecule has 5 atom stereocenters. The molecule has 0 aliphatic heterocycles. The highest BCUT2D eigenvalue weighted by Gasteiger charge is 2.54. The lowest BCUT2D eigenvalue weighted by Gasteiger charge is -2.49. The number of hydrogen-bond donors (Lipinski definition) is 1. The zero-order valence-corrected chi connectivity index (χ0v) is 16.0. The SMILES string of the molecule is C=C1[C@H](O)C[C@H]2[C@@H]3CCc4cc(OC5CCCC5)ccc4[C@H]3CC[C@]12C. The van der Waals surface area contributed by atoms with Gasteiger partial charge < -0.3 is 9.84 Å². The van der Waals surface area contributed by atoms with E-state index in [-0.39, 0.29) is 11.5 Å². The van der Waals surface area contributed by atoms with Crippen molar-refractivity contribution >= 4 is 0 Å². The normalized spacial score (nSPS) is 39.4. The zero-order valence-electron chi connectivity index (χ0n) is 16.0. The standard InChI is InChI=1S/C24H32O2/c1-15-23(25)14-22-21-9-7-16-13-18(26-17-5-3-4-6-17)8-10-19(16)20(21)11-12-24(15,22)2/h8,10,13,17,20-23,25H,1,3-7,9,11-12,14H2,2H3/t20-,21-,22+,23-,24-/m1/s1. The molecule has 26 heavy (non-hydrogen) atoms. The van der Waals surface area contributed by atoms with Crippen LogP contribution in [0.5, 0.6) is 5.75 Å². The zero-order chi connectivity index (χ0) is 17.9. The highest BCUT2D eigenvalue weighted by atomic mass is 16.5. The maximum atomic E-state index is 10.4. The average Bonchev–Trinajstić information content (AvgIpc) is 3.23. The Morgan fingerprint density at radius 3 is 2.77 bits per heavy atom. The van der Waals surface area contributed by atoms with Gasteiger partial charge in [-0.2, -0.15) is 0 Å². The summed E-state index contributed by atoms with van der Waals surface area (Å²) in [5, 5.41) is 10.4. The Morgan fingerprint density at radius 2 is 1.96 bits per heavy atom. The minimum absolute atomic E-state index is 0.156. The third kappa shape index (κ3) is 2.48. The van der Waals surface area contributed by atoms with Crippen LogP contribution in [0.1, 0.15) is 75.3 Å². The van der Waals surface area contributed by atoms with Gasteiger partial charge in [-0.05, 0) is 110 Å². The van der Waals surface area contributed by atoms with Gasteiger partial charge in [0.15, 0.2) is 0 Å². The number of benzene rings is 1. The number of rotatable bonds is 2. The average molecular weight is 353 g/mol. The summed E-state index contributed by atoms with van der Waals surface area (Å²) in [5.74, 6) is 3.05. The molecule has 2 nitrogen and oxygen atoms in total. The summed E-state index contributed by atoms with van der Waals surface area (Å²) >= 11 is 0. The van der Waals surface area contributed by atoms with Crippen molar-refractivity contribution < 1.29 is 9.84 Å². The van der Waals surface area contributed by atoms with E-state index in [2.05, 4.69) is 31.7 Å². The van der Waals surface area contributed by atoms with Gasteiger partial charge in [-0.15, -0.1) is 0 Å². The van der Waals surface area contributed by atoms with Crippen molar-refractivity contribution in [2.45, 2.75) is 82.8 Å². The van der Waals surface area contributed by atoms with Crippen LogP contribution < -0.4 is 4.74 Å². The molecule has 0 aromatic heterocycles. The fourth-order valence-electron chi connectivity index (χ4n) is 6.75. The molecule has 3 saturated carbocycles. The fraction of sp³-hybridized carbons (Fsp3) is 0.667. The third-order valence-electron chi connectivity index (χ3n) is 8.31. The van der Waals surface area contributed by atoms with E-state index in [1.165, 1.54) is 50.5 Å². The summed E-state index contributed by atoms with van der Waals surface area (Å²) in [7, 11) is 0. The van der Waals surface area contributed by atoms with Gasteiger partial charge in [0.05, 0.1) is 12.2 Å². The van der Waals surface area contributed by atoms with Gasteiger partial charge in [-0.25, -0.2) is 0 Å². The minimum Gasteiger partial charge on any atom is -0.490 e. The lowest BCUT2D eigenvalue weighted by atomic mass is 9.55. The molecule has 2 heteroatoms. The molecule has 5 rings (SSSR count). The van der Waals surface area contributed by atoms with Crippen LogP contribution in [0.25, 0.3) is 0 Å². The van der Waals surface area contributed by atoms with Crippen LogP contribution in [0.2, 0.25) is 0 Å². The Hall–Kier alpha value is -1.28. The smallest absolute Gasteiger partial charge is 0.120 e. The van der Waals surface area contributed by atoms with Crippen molar-refractivity contribution in [1.29, 1.82) is 0 Å². The number of hydrogen-bond acceptors (Lipinski definition) is 2. The second-order valence-corrected chi connectivity index (χ2v) is 9.53. The van der Waals surface area contributed by atoms with Crippen LogP contribution >= 0.6 is 0 Å². The van der Waals surface area contributed by atoms with E-state index in [9.17, 15) is 5.11 Å². The summed E-state index contributed by atoms with van der Waals surface area (Å²) < 4.78 is 6.25. The molecule has 1 N–H and O–H groups in total. The van der Waals surface area contributed by atoms with E-state index >= 15 is 0 Å². The van der Waals surface area contributed by atoms with Crippen molar-refractivity contribution in [2.24, 2.45) is 17.3 Å². The molecule has 0 saturated heterocycles. The fourth-order valence-corrected chi connectivity index (χ4v) is 6.75. The van der Waals surface area contributed by atoms with Crippen molar-refractivity contribution in [1.82, 2.24) is 0 Å². The maximum absolute atomic E-state index is 10.4. The monoisotopic (exact) mass is 352 g/mol. The van der Waals surface area contributed by atoms with Crippen molar-refractivity contribution in [3.63, 3.8) is 0 Å². The van der Waals surface area contributed by atoms with E-state index in [4.69, 9.17) is 4.74 Å². The highest BCUT2D eigenvalue weighted by molar-refractivity contribution is 5.41. The van der Waals surface area contributed by atoms with Crippen LogP contribution in [-0.2, 0) is 6.42 Å². The van der Waals surface area contributed by atoms with Crippen LogP contribution in [0.3, 0.4) is 0 Å². The number of ether oxygens (including phenoxy) is 1. The molecular formula is C24H32O2. The molecule has 140 valence electrons. The highest BCUT2D eigenvalue weighted by Crippen LogP contribution is 2.62. The Bertz CT molecular complexity index is 717. The molecule has 3 fully saturated rings. The van der Waals surface area contributed by atoms with Crippen molar-refractivity contribution in [2.75, 3.05) is 0 Å². The molecule has 0 spiro atoms. The molecule has 4 aliphatic carbocycles. The first kappa shape index (κ1) is 16.9. The molecule has 0 heterocycles. The van der Waals surface area contributed by atoms with E-state index in [0.29, 0.717) is 23.9 Å². The Morgan fingerprint density at radius 1 is 1.15 bits per heavy atom. The Labute approximate surface area is 157 Å². The number of aliphatic hydroxyl groups excluding tert-OH is 1. The lowest BCUT2D eigenvalue weighted by molar-refractivity contribution is 0.0782. The first-order chi connectivity index (χ1) is 12.6. The van der Waals surface area contributed by atoms with Crippen LogP contribution in [0.15, 0.2) is 30.4 Å². The summed E-state index contributed by atoms with van der Waals surface area (Å²) in [6, 6.07) is 6.91. The van der Waals surface area contributed by atoms with Gasteiger partial charge >= 0.3 is 0 Å². The van der Waals surface area contributed by atoms with Gasteiger partial charge in [0.25, 0.3) is 0 Å². The molecule has 1 aromatic carbocycles. The topological polar surface area (TPSA) is 29.5 Å². The predicted molar refractivity (Wildman–Crippen MR) is 104 cm³/mol. The first-order valence-electron chi connectivity index (χ1n) is 10.7. The van der Waals surface area contributed by atoms with E-state index in [1.807, 2.05) is 0 Å². The summed E-state index contributed by atoms with van der Waals surface area (Å²) in [6.07, 6.45) is 11.0. The molecule has 1 aromatic rings. The molecule has 0 bridgehead atoms. The van der Waals surface area contributed by atoms with Gasteiger partial charge in [0, 0.05) is 0 Å². The second kappa shape index (κ2) is 6.12. The quantitative estimate of drug-likeness (QED) is 0.723. The number of fused-ring (bicyclic) bond motifs is 5. The molecule has 0 unspecified atom stereocenters. The number of aryl methyl sites for hydroxylation is 1. The Balaban J connectivity index is 1.40.